The molecule has 0 atom stereocenters. The molecule has 1 aromatic carbocycles. The fourth-order valence-corrected chi connectivity index (χ4v) is 1.91. The van der Waals surface area contributed by atoms with Crippen LogP contribution in [0.25, 0.3) is 0 Å². The molecule has 6 heteroatoms. The lowest BCUT2D eigenvalue weighted by atomic mass is 10.2. The Balaban J connectivity index is 1.83. The summed E-state index contributed by atoms with van der Waals surface area (Å²) in [5.74, 6) is -0.269. The van der Waals surface area contributed by atoms with Gasteiger partial charge in [-0.2, -0.15) is 5.26 Å². The Labute approximate surface area is 116 Å². The number of nitrogens with one attached hydrogen (secondary N) is 1. The molecule has 1 aliphatic rings. The van der Waals surface area contributed by atoms with Crippen LogP contribution in [-0.2, 0) is 14.3 Å². The molecule has 0 spiro atoms. The average molecular weight is 273 g/mol. The summed E-state index contributed by atoms with van der Waals surface area (Å²) >= 11 is 0. The normalized spacial score (nSPS) is 14.8. The lowest BCUT2D eigenvalue weighted by molar-refractivity contribution is -0.142. The zero-order valence-corrected chi connectivity index (χ0v) is 11.0. The van der Waals surface area contributed by atoms with E-state index < -0.39 is 0 Å². The molecule has 0 saturated carbocycles. The van der Waals surface area contributed by atoms with Gasteiger partial charge < -0.3 is 15.0 Å². The summed E-state index contributed by atoms with van der Waals surface area (Å²) in [4.78, 5) is 24.9. The van der Waals surface area contributed by atoms with E-state index in [1.54, 1.807) is 29.2 Å². The standard InChI is InChI=1S/C14H15N3O3/c15-9-11-2-1-3-12(8-11)16-13(18)4-5-17-6-7-20-10-14(17)19/h1-3,8H,4-7,10H2,(H,16,18). The number of hydrogen-bond acceptors (Lipinski definition) is 4. The summed E-state index contributed by atoms with van der Waals surface area (Å²) in [7, 11) is 0. The molecule has 1 N–H and O–H groups in total. The van der Waals surface area contributed by atoms with Crippen LogP contribution in [0.4, 0.5) is 5.69 Å². The summed E-state index contributed by atoms with van der Waals surface area (Å²) in [6.07, 6.45) is 0.225. The van der Waals surface area contributed by atoms with Crippen molar-refractivity contribution in [3.8, 4) is 6.07 Å². The molecule has 20 heavy (non-hydrogen) atoms. The van der Waals surface area contributed by atoms with Gasteiger partial charge in [-0.05, 0) is 18.2 Å². The van der Waals surface area contributed by atoms with Crippen molar-refractivity contribution >= 4 is 17.5 Å². The Bertz CT molecular complexity index is 551. The van der Waals surface area contributed by atoms with Gasteiger partial charge in [-0.1, -0.05) is 6.07 Å². The topological polar surface area (TPSA) is 82.4 Å². The summed E-state index contributed by atoms with van der Waals surface area (Å²) in [6.45, 7) is 1.51. The van der Waals surface area contributed by atoms with Crippen molar-refractivity contribution in [2.45, 2.75) is 6.42 Å². The summed E-state index contributed by atoms with van der Waals surface area (Å²) < 4.78 is 5.02. The van der Waals surface area contributed by atoms with E-state index in [1.165, 1.54) is 0 Å². The van der Waals surface area contributed by atoms with Crippen LogP contribution < -0.4 is 5.32 Å². The number of amides is 2. The van der Waals surface area contributed by atoms with Gasteiger partial charge in [0.05, 0.1) is 18.2 Å². The largest absolute Gasteiger partial charge is 0.370 e. The first kappa shape index (κ1) is 14.0. The Morgan fingerprint density at radius 2 is 2.35 bits per heavy atom. The maximum absolute atomic E-state index is 11.8. The second-order valence-corrected chi connectivity index (χ2v) is 4.42. The van der Waals surface area contributed by atoms with Crippen molar-refractivity contribution in [3.05, 3.63) is 29.8 Å². The second-order valence-electron chi connectivity index (χ2n) is 4.42. The molecule has 6 nitrogen and oxygen atoms in total. The number of nitriles is 1. The summed E-state index contributed by atoms with van der Waals surface area (Å²) in [5.41, 5.74) is 1.08. The van der Waals surface area contributed by atoms with E-state index in [2.05, 4.69) is 5.32 Å². The first-order valence-electron chi connectivity index (χ1n) is 6.34. The fraction of sp³-hybridized carbons (Fsp3) is 0.357. The quantitative estimate of drug-likeness (QED) is 0.877. The van der Waals surface area contributed by atoms with Gasteiger partial charge in [0.25, 0.3) is 0 Å². The number of benzene rings is 1. The molecule has 0 unspecified atom stereocenters. The molecule has 1 heterocycles. The SMILES string of the molecule is N#Cc1cccc(NC(=O)CCN2CCOCC2=O)c1. The van der Waals surface area contributed by atoms with E-state index in [9.17, 15) is 9.59 Å². The van der Waals surface area contributed by atoms with E-state index in [4.69, 9.17) is 10.00 Å². The Hall–Kier alpha value is -2.39. The van der Waals surface area contributed by atoms with Gasteiger partial charge in [0, 0.05) is 25.2 Å². The molecule has 2 amide bonds. The highest BCUT2D eigenvalue weighted by Crippen LogP contribution is 2.10. The van der Waals surface area contributed by atoms with Crippen LogP contribution in [0.2, 0.25) is 0 Å². The molecule has 0 aromatic heterocycles. The van der Waals surface area contributed by atoms with Gasteiger partial charge >= 0.3 is 0 Å². The van der Waals surface area contributed by atoms with Gasteiger partial charge in [0.2, 0.25) is 11.8 Å². The van der Waals surface area contributed by atoms with Crippen LogP contribution in [0, 0.1) is 11.3 Å². The lowest BCUT2D eigenvalue weighted by Gasteiger charge is -2.26. The highest BCUT2D eigenvalue weighted by molar-refractivity contribution is 5.91. The van der Waals surface area contributed by atoms with Gasteiger partial charge in [0.1, 0.15) is 6.61 Å². The summed E-state index contributed by atoms with van der Waals surface area (Å²) in [5, 5.41) is 11.5. The minimum Gasteiger partial charge on any atom is -0.370 e. The molecular weight excluding hydrogens is 258 g/mol. The molecule has 1 saturated heterocycles. The van der Waals surface area contributed by atoms with E-state index in [0.29, 0.717) is 30.9 Å². The predicted octanol–water partition coefficient (Wildman–Crippen LogP) is 0.746. The highest BCUT2D eigenvalue weighted by Gasteiger charge is 2.18. The van der Waals surface area contributed by atoms with Crippen LogP contribution in [0.15, 0.2) is 24.3 Å². The van der Waals surface area contributed by atoms with Crippen LogP contribution in [0.3, 0.4) is 0 Å². The number of carbonyl (C=O) groups excluding carboxylic acids is 2. The molecule has 0 aliphatic carbocycles. The van der Waals surface area contributed by atoms with Gasteiger partial charge in [0.15, 0.2) is 0 Å². The van der Waals surface area contributed by atoms with E-state index in [1.807, 2.05) is 6.07 Å². The predicted molar refractivity (Wildman–Crippen MR) is 71.8 cm³/mol. The third kappa shape index (κ3) is 3.80. The van der Waals surface area contributed by atoms with Crippen molar-refractivity contribution in [2.75, 3.05) is 31.6 Å². The van der Waals surface area contributed by atoms with Gasteiger partial charge in [-0.3, -0.25) is 9.59 Å². The number of rotatable bonds is 4. The lowest BCUT2D eigenvalue weighted by Crippen LogP contribution is -2.42. The molecular formula is C14H15N3O3. The number of anilines is 1. The van der Waals surface area contributed by atoms with E-state index in [0.717, 1.165) is 0 Å². The van der Waals surface area contributed by atoms with Crippen LogP contribution in [-0.4, -0.2) is 43.0 Å². The van der Waals surface area contributed by atoms with Crippen molar-refractivity contribution in [3.63, 3.8) is 0 Å². The Morgan fingerprint density at radius 3 is 3.10 bits per heavy atom. The Kier molecular flexibility index (Phi) is 4.69. The van der Waals surface area contributed by atoms with Crippen molar-refractivity contribution in [1.82, 2.24) is 4.90 Å². The minimum atomic E-state index is -0.181. The number of hydrogen-bond donors (Lipinski definition) is 1. The van der Waals surface area contributed by atoms with Crippen LogP contribution in [0.1, 0.15) is 12.0 Å². The molecule has 1 fully saturated rings. The average Bonchev–Trinajstić information content (AvgIpc) is 2.46. The number of nitrogens with zero attached hydrogens (tertiary/aromatic N) is 2. The first-order chi connectivity index (χ1) is 9.69. The second kappa shape index (κ2) is 6.68. The zero-order valence-electron chi connectivity index (χ0n) is 11.0. The Morgan fingerprint density at radius 1 is 1.50 bits per heavy atom. The molecule has 1 aliphatic heterocycles. The highest BCUT2D eigenvalue weighted by atomic mass is 16.5. The van der Waals surface area contributed by atoms with Crippen LogP contribution in [0.5, 0.6) is 0 Å². The number of ether oxygens (including phenoxy) is 1. The van der Waals surface area contributed by atoms with E-state index in [-0.39, 0.29) is 24.8 Å². The smallest absolute Gasteiger partial charge is 0.248 e. The van der Waals surface area contributed by atoms with Crippen molar-refractivity contribution < 1.29 is 14.3 Å². The van der Waals surface area contributed by atoms with Gasteiger partial charge in [-0.15, -0.1) is 0 Å². The van der Waals surface area contributed by atoms with Gasteiger partial charge in [-0.25, -0.2) is 0 Å². The third-order valence-corrected chi connectivity index (χ3v) is 2.97. The summed E-state index contributed by atoms with van der Waals surface area (Å²) in [6, 6.07) is 8.72. The van der Waals surface area contributed by atoms with Crippen molar-refractivity contribution in [1.29, 1.82) is 5.26 Å². The number of morpholine rings is 1. The zero-order chi connectivity index (χ0) is 14.4. The molecule has 0 radical (unpaired) electrons. The molecule has 1 aromatic rings. The molecule has 2 rings (SSSR count). The van der Waals surface area contributed by atoms with Crippen LogP contribution >= 0.6 is 0 Å². The first-order valence-corrected chi connectivity index (χ1v) is 6.34. The number of carbonyl (C=O) groups is 2. The molecule has 104 valence electrons. The fourth-order valence-electron chi connectivity index (χ4n) is 1.91. The minimum absolute atomic E-state index is 0.0875. The maximum Gasteiger partial charge on any atom is 0.248 e. The molecule has 0 bridgehead atoms. The third-order valence-electron chi connectivity index (χ3n) is 2.97. The maximum atomic E-state index is 11.8. The van der Waals surface area contributed by atoms with Crippen molar-refractivity contribution in [2.24, 2.45) is 0 Å². The monoisotopic (exact) mass is 273 g/mol. The van der Waals surface area contributed by atoms with E-state index >= 15 is 0 Å².